The Morgan fingerprint density at radius 2 is 2.45 bits per heavy atom. The van der Waals surface area contributed by atoms with E-state index in [2.05, 4.69) is 12.0 Å². The van der Waals surface area contributed by atoms with Crippen LogP contribution in [0.15, 0.2) is 6.07 Å². The second-order valence-corrected chi connectivity index (χ2v) is 2.33. The SMILES string of the molecule is CCCn1nc(N)cc1OC. The van der Waals surface area contributed by atoms with E-state index in [1.54, 1.807) is 17.9 Å². The molecule has 62 valence electrons. The first-order chi connectivity index (χ1) is 5.27. The number of ether oxygens (including phenoxy) is 1. The Bertz CT molecular complexity index is 232. The van der Waals surface area contributed by atoms with Crippen LogP contribution in [-0.4, -0.2) is 16.9 Å². The van der Waals surface area contributed by atoms with E-state index in [-0.39, 0.29) is 0 Å². The van der Waals surface area contributed by atoms with E-state index in [1.165, 1.54) is 0 Å². The Balaban J connectivity index is 2.83. The molecule has 0 aromatic carbocycles. The summed E-state index contributed by atoms with van der Waals surface area (Å²) < 4.78 is 6.80. The molecule has 0 unspecified atom stereocenters. The van der Waals surface area contributed by atoms with E-state index in [0.29, 0.717) is 5.82 Å². The van der Waals surface area contributed by atoms with Gasteiger partial charge in [-0.3, -0.25) is 0 Å². The van der Waals surface area contributed by atoms with Gasteiger partial charge >= 0.3 is 0 Å². The molecule has 4 nitrogen and oxygen atoms in total. The van der Waals surface area contributed by atoms with Gasteiger partial charge < -0.3 is 10.5 Å². The topological polar surface area (TPSA) is 53.1 Å². The molecule has 0 radical (unpaired) electrons. The Morgan fingerprint density at radius 1 is 1.73 bits per heavy atom. The van der Waals surface area contributed by atoms with Crippen LogP contribution in [0.25, 0.3) is 0 Å². The largest absolute Gasteiger partial charge is 0.481 e. The average Bonchev–Trinajstić information content (AvgIpc) is 2.32. The maximum atomic E-state index is 5.47. The zero-order valence-corrected chi connectivity index (χ0v) is 6.87. The van der Waals surface area contributed by atoms with Crippen LogP contribution in [0.1, 0.15) is 13.3 Å². The highest BCUT2D eigenvalue weighted by atomic mass is 16.5. The fourth-order valence-corrected chi connectivity index (χ4v) is 0.955. The number of rotatable bonds is 3. The van der Waals surface area contributed by atoms with Gasteiger partial charge in [0.1, 0.15) is 5.82 Å². The van der Waals surface area contributed by atoms with E-state index in [9.17, 15) is 0 Å². The minimum atomic E-state index is 0.510. The standard InChI is InChI=1S/C7H13N3O/c1-3-4-10-7(11-2)5-6(8)9-10/h5H,3-4H2,1-2H3,(H2,8,9). The highest BCUT2D eigenvalue weighted by molar-refractivity contribution is 5.32. The molecule has 0 atom stereocenters. The number of hydrogen-bond acceptors (Lipinski definition) is 3. The van der Waals surface area contributed by atoms with Crippen LogP contribution in [0.2, 0.25) is 0 Å². The molecule has 1 aromatic rings. The molecule has 2 N–H and O–H groups in total. The van der Waals surface area contributed by atoms with Crippen LogP contribution in [-0.2, 0) is 6.54 Å². The van der Waals surface area contributed by atoms with Gasteiger partial charge in [0.2, 0.25) is 5.88 Å². The highest BCUT2D eigenvalue weighted by Gasteiger charge is 2.03. The normalized spacial score (nSPS) is 10.0. The highest BCUT2D eigenvalue weighted by Crippen LogP contribution is 2.14. The predicted octanol–water partition coefficient (Wildman–Crippen LogP) is 0.884. The van der Waals surface area contributed by atoms with Crippen molar-refractivity contribution in [3.63, 3.8) is 0 Å². The molecule has 0 aliphatic carbocycles. The molecule has 0 aliphatic rings. The molecule has 4 heteroatoms. The van der Waals surface area contributed by atoms with Gasteiger partial charge in [0.15, 0.2) is 0 Å². The number of nitrogens with two attached hydrogens (primary N) is 1. The summed E-state index contributed by atoms with van der Waals surface area (Å²) >= 11 is 0. The van der Waals surface area contributed by atoms with Crippen molar-refractivity contribution in [1.82, 2.24) is 9.78 Å². The van der Waals surface area contributed by atoms with E-state index < -0.39 is 0 Å². The summed E-state index contributed by atoms with van der Waals surface area (Å²) in [5.74, 6) is 1.24. The molecule has 0 saturated carbocycles. The maximum Gasteiger partial charge on any atom is 0.213 e. The summed E-state index contributed by atoms with van der Waals surface area (Å²) in [4.78, 5) is 0. The summed E-state index contributed by atoms with van der Waals surface area (Å²) in [5.41, 5.74) is 5.47. The van der Waals surface area contributed by atoms with Crippen molar-refractivity contribution in [3.05, 3.63) is 6.07 Å². The first-order valence-electron chi connectivity index (χ1n) is 3.65. The number of aryl methyl sites for hydroxylation is 1. The van der Waals surface area contributed by atoms with Gasteiger partial charge in [0.05, 0.1) is 7.11 Å². The van der Waals surface area contributed by atoms with Crippen molar-refractivity contribution < 1.29 is 4.74 Å². The van der Waals surface area contributed by atoms with Gasteiger partial charge in [-0.05, 0) is 6.42 Å². The number of nitrogen functional groups attached to an aromatic ring is 1. The minimum Gasteiger partial charge on any atom is -0.481 e. The lowest BCUT2D eigenvalue weighted by Gasteiger charge is -2.02. The van der Waals surface area contributed by atoms with E-state index >= 15 is 0 Å². The van der Waals surface area contributed by atoms with Crippen LogP contribution in [0.4, 0.5) is 5.82 Å². The first-order valence-corrected chi connectivity index (χ1v) is 3.65. The second-order valence-electron chi connectivity index (χ2n) is 2.33. The van der Waals surface area contributed by atoms with Crippen LogP contribution < -0.4 is 10.5 Å². The Morgan fingerprint density at radius 3 is 3.00 bits per heavy atom. The zero-order chi connectivity index (χ0) is 8.27. The molecular formula is C7H13N3O. The number of methoxy groups -OCH3 is 1. The summed E-state index contributed by atoms with van der Waals surface area (Å²) in [5, 5.41) is 4.04. The van der Waals surface area contributed by atoms with Crippen molar-refractivity contribution in [2.45, 2.75) is 19.9 Å². The predicted molar refractivity (Wildman–Crippen MR) is 43.5 cm³/mol. The molecule has 1 aromatic heterocycles. The molecule has 11 heavy (non-hydrogen) atoms. The third kappa shape index (κ3) is 1.63. The van der Waals surface area contributed by atoms with Crippen LogP contribution >= 0.6 is 0 Å². The summed E-state index contributed by atoms with van der Waals surface area (Å²) in [6, 6.07) is 1.72. The van der Waals surface area contributed by atoms with Crippen molar-refractivity contribution in [2.24, 2.45) is 0 Å². The Hall–Kier alpha value is -1.19. The van der Waals surface area contributed by atoms with Gasteiger partial charge in [-0.25, -0.2) is 4.68 Å². The van der Waals surface area contributed by atoms with E-state index in [1.807, 2.05) is 0 Å². The lowest BCUT2D eigenvalue weighted by Crippen LogP contribution is -2.02. The van der Waals surface area contributed by atoms with Crippen molar-refractivity contribution in [2.75, 3.05) is 12.8 Å². The number of hydrogen-bond donors (Lipinski definition) is 1. The van der Waals surface area contributed by atoms with Crippen molar-refractivity contribution in [1.29, 1.82) is 0 Å². The Kier molecular flexibility index (Phi) is 2.36. The van der Waals surface area contributed by atoms with Gasteiger partial charge in [0, 0.05) is 12.6 Å². The van der Waals surface area contributed by atoms with E-state index in [4.69, 9.17) is 10.5 Å². The molecular weight excluding hydrogens is 142 g/mol. The minimum absolute atomic E-state index is 0.510. The quantitative estimate of drug-likeness (QED) is 0.705. The summed E-state index contributed by atoms with van der Waals surface area (Å²) in [6.45, 7) is 2.93. The average molecular weight is 155 g/mol. The first kappa shape index (κ1) is 7.91. The third-order valence-electron chi connectivity index (χ3n) is 1.41. The summed E-state index contributed by atoms with van der Waals surface area (Å²) in [6.07, 6.45) is 1.03. The molecule has 1 rings (SSSR count). The van der Waals surface area contributed by atoms with Gasteiger partial charge in [0.25, 0.3) is 0 Å². The molecule has 0 fully saturated rings. The monoisotopic (exact) mass is 155 g/mol. The lowest BCUT2D eigenvalue weighted by molar-refractivity contribution is 0.359. The van der Waals surface area contributed by atoms with Crippen LogP contribution in [0.3, 0.4) is 0 Å². The Labute approximate surface area is 66.0 Å². The van der Waals surface area contributed by atoms with Crippen LogP contribution in [0, 0.1) is 0 Å². The zero-order valence-electron chi connectivity index (χ0n) is 6.87. The van der Waals surface area contributed by atoms with Gasteiger partial charge in [-0.15, -0.1) is 0 Å². The van der Waals surface area contributed by atoms with Crippen molar-refractivity contribution >= 4 is 5.82 Å². The van der Waals surface area contributed by atoms with Crippen LogP contribution in [0.5, 0.6) is 5.88 Å². The molecule has 0 aliphatic heterocycles. The van der Waals surface area contributed by atoms with Crippen molar-refractivity contribution in [3.8, 4) is 5.88 Å². The second kappa shape index (κ2) is 3.27. The fourth-order valence-electron chi connectivity index (χ4n) is 0.955. The lowest BCUT2D eigenvalue weighted by atomic mass is 10.5. The van der Waals surface area contributed by atoms with Gasteiger partial charge in [-0.2, -0.15) is 5.10 Å². The fraction of sp³-hybridized carbons (Fsp3) is 0.571. The number of nitrogens with zero attached hydrogens (tertiary/aromatic N) is 2. The molecule has 0 bridgehead atoms. The third-order valence-corrected chi connectivity index (χ3v) is 1.41. The molecule has 0 spiro atoms. The molecule has 0 saturated heterocycles. The smallest absolute Gasteiger partial charge is 0.213 e. The number of anilines is 1. The summed E-state index contributed by atoms with van der Waals surface area (Å²) in [7, 11) is 1.61. The molecule has 0 amide bonds. The maximum absolute atomic E-state index is 5.47. The number of aromatic nitrogens is 2. The molecule has 1 heterocycles. The van der Waals surface area contributed by atoms with Gasteiger partial charge in [-0.1, -0.05) is 6.92 Å². The van der Waals surface area contributed by atoms with E-state index in [0.717, 1.165) is 18.8 Å².